The Hall–Kier alpha value is -0.940. The molecule has 0 bridgehead atoms. The van der Waals surface area contributed by atoms with E-state index in [1.165, 1.54) is 25.1 Å². The highest BCUT2D eigenvalue weighted by Crippen LogP contribution is 2.40. The third-order valence-corrected chi connectivity index (χ3v) is 5.79. The average molecular weight is 331 g/mol. The Balaban J connectivity index is 2.29. The predicted octanol–water partition coefficient (Wildman–Crippen LogP) is 3.16. The average Bonchev–Trinajstić information content (AvgIpc) is 3.11. The van der Waals surface area contributed by atoms with E-state index in [9.17, 15) is 0 Å². The Morgan fingerprint density at radius 3 is 2.58 bits per heavy atom. The molecule has 1 aromatic rings. The molecule has 2 heterocycles. The summed E-state index contributed by atoms with van der Waals surface area (Å²) in [7, 11) is 2.06. The molecule has 1 atom stereocenters. The Morgan fingerprint density at radius 1 is 1.29 bits per heavy atom. The van der Waals surface area contributed by atoms with Crippen LogP contribution in [0.2, 0.25) is 13.6 Å². The van der Waals surface area contributed by atoms with E-state index in [1.807, 2.05) is 6.20 Å². The summed E-state index contributed by atoms with van der Waals surface area (Å²) in [6.45, 7) is 15.6. The lowest BCUT2D eigenvalue weighted by Crippen LogP contribution is -2.63. The lowest BCUT2D eigenvalue weighted by molar-refractivity contribution is 0.294. The SMILES string of the molecule is CCCCCN(B(C)NC)B(C)N1c2ccnn2C(C)(C)C1CC. The summed E-state index contributed by atoms with van der Waals surface area (Å²) in [5.74, 6) is 1.25. The van der Waals surface area contributed by atoms with Crippen molar-refractivity contribution in [2.24, 2.45) is 0 Å². The summed E-state index contributed by atoms with van der Waals surface area (Å²) in [6.07, 6.45) is 6.86. The number of hydrogen-bond donors (Lipinski definition) is 1. The van der Waals surface area contributed by atoms with Gasteiger partial charge in [-0.2, -0.15) is 5.10 Å². The minimum Gasteiger partial charge on any atom is -0.382 e. The molecule has 0 spiro atoms. The van der Waals surface area contributed by atoms with Crippen molar-refractivity contribution in [3.63, 3.8) is 0 Å². The van der Waals surface area contributed by atoms with Gasteiger partial charge in [0.1, 0.15) is 5.82 Å². The van der Waals surface area contributed by atoms with Gasteiger partial charge in [-0.3, -0.25) is 0 Å². The zero-order chi connectivity index (χ0) is 17.9. The number of nitrogens with zero attached hydrogens (tertiary/aromatic N) is 4. The van der Waals surface area contributed by atoms with E-state index in [0.29, 0.717) is 20.0 Å². The second-order valence-electron chi connectivity index (χ2n) is 7.63. The van der Waals surface area contributed by atoms with Crippen LogP contribution < -0.4 is 10.0 Å². The summed E-state index contributed by atoms with van der Waals surface area (Å²) in [5.41, 5.74) is 0.0276. The lowest BCUT2D eigenvalue weighted by Gasteiger charge is -2.41. The fraction of sp³-hybridized carbons (Fsp3) is 0.824. The van der Waals surface area contributed by atoms with Crippen LogP contribution in [0.5, 0.6) is 0 Å². The van der Waals surface area contributed by atoms with Gasteiger partial charge in [0.05, 0.1) is 11.7 Å². The molecule has 1 unspecified atom stereocenters. The Labute approximate surface area is 149 Å². The van der Waals surface area contributed by atoms with Crippen molar-refractivity contribution in [2.45, 2.75) is 78.6 Å². The molecular formula is C17H35B2N5. The molecular weight excluding hydrogens is 296 g/mol. The zero-order valence-corrected chi connectivity index (χ0v) is 16.7. The van der Waals surface area contributed by atoms with Crippen LogP contribution in [0.1, 0.15) is 53.4 Å². The molecule has 0 aromatic carbocycles. The van der Waals surface area contributed by atoms with E-state index >= 15 is 0 Å². The molecule has 1 aliphatic heterocycles. The van der Waals surface area contributed by atoms with Crippen LogP contribution in [0.3, 0.4) is 0 Å². The highest BCUT2D eigenvalue weighted by molar-refractivity contribution is 6.72. The molecule has 5 nitrogen and oxygen atoms in total. The first kappa shape index (κ1) is 19.4. The van der Waals surface area contributed by atoms with Crippen molar-refractivity contribution in [2.75, 3.05) is 18.4 Å². The van der Waals surface area contributed by atoms with Gasteiger partial charge in [-0.05, 0) is 46.3 Å². The second-order valence-corrected chi connectivity index (χ2v) is 7.63. The van der Waals surface area contributed by atoms with Crippen molar-refractivity contribution < 1.29 is 0 Å². The zero-order valence-electron chi connectivity index (χ0n) is 16.7. The maximum absolute atomic E-state index is 4.62. The summed E-state index contributed by atoms with van der Waals surface area (Å²) in [5, 5.41) is 8.07. The first-order chi connectivity index (χ1) is 11.4. The van der Waals surface area contributed by atoms with Crippen LogP contribution in [0.25, 0.3) is 0 Å². The molecule has 0 amide bonds. The van der Waals surface area contributed by atoms with Crippen LogP contribution in [0.15, 0.2) is 12.3 Å². The Morgan fingerprint density at radius 2 is 2.00 bits per heavy atom. The Kier molecular flexibility index (Phi) is 6.43. The molecule has 0 saturated heterocycles. The van der Waals surface area contributed by atoms with E-state index in [4.69, 9.17) is 0 Å². The molecule has 0 fully saturated rings. The minimum absolute atomic E-state index is 0.0276. The Bertz CT molecular complexity index is 519. The predicted molar refractivity (Wildman–Crippen MR) is 107 cm³/mol. The molecule has 0 saturated carbocycles. The maximum Gasteiger partial charge on any atom is 0.330 e. The number of anilines is 1. The van der Waals surface area contributed by atoms with Crippen LogP contribution in [-0.2, 0) is 5.54 Å². The smallest absolute Gasteiger partial charge is 0.330 e. The van der Waals surface area contributed by atoms with E-state index < -0.39 is 0 Å². The van der Waals surface area contributed by atoms with Crippen LogP contribution >= 0.6 is 0 Å². The number of aromatic nitrogens is 2. The quantitative estimate of drug-likeness (QED) is 0.557. The fourth-order valence-electron chi connectivity index (χ4n) is 4.30. The molecule has 1 N–H and O–H groups in total. The van der Waals surface area contributed by atoms with Gasteiger partial charge < -0.3 is 14.8 Å². The van der Waals surface area contributed by atoms with Crippen molar-refractivity contribution in [1.29, 1.82) is 0 Å². The number of unbranched alkanes of at least 4 members (excludes halogenated alkanes) is 2. The first-order valence-electron chi connectivity index (χ1n) is 9.65. The van der Waals surface area contributed by atoms with Crippen molar-refractivity contribution in [3.8, 4) is 0 Å². The van der Waals surface area contributed by atoms with Crippen LogP contribution in [0, 0.1) is 0 Å². The van der Waals surface area contributed by atoms with Gasteiger partial charge in [0.15, 0.2) is 0 Å². The fourth-order valence-corrected chi connectivity index (χ4v) is 4.30. The van der Waals surface area contributed by atoms with Crippen molar-refractivity contribution >= 4 is 19.8 Å². The third kappa shape index (κ3) is 3.38. The number of nitrogens with one attached hydrogen (secondary N) is 1. The number of fused-ring (bicyclic) bond motifs is 1. The van der Waals surface area contributed by atoms with E-state index in [1.54, 1.807) is 0 Å². The second kappa shape index (κ2) is 7.96. The summed E-state index contributed by atoms with van der Waals surface area (Å²) >= 11 is 0. The molecule has 1 aromatic heterocycles. The van der Waals surface area contributed by atoms with E-state index in [-0.39, 0.29) is 5.54 Å². The lowest BCUT2D eigenvalue weighted by atomic mass is 9.60. The first-order valence-corrected chi connectivity index (χ1v) is 9.65. The highest BCUT2D eigenvalue weighted by Gasteiger charge is 2.48. The number of hydrogen-bond acceptors (Lipinski definition) is 4. The van der Waals surface area contributed by atoms with Gasteiger partial charge in [0, 0.05) is 6.04 Å². The molecule has 24 heavy (non-hydrogen) atoms. The molecule has 7 heteroatoms. The summed E-state index contributed by atoms with van der Waals surface area (Å²) in [4.78, 5) is 2.59. The normalized spacial score (nSPS) is 19.0. The van der Waals surface area contributed by atoms with Gasteiger partial charge in [-0.1, -0.05) is 40.3 Å². The highest BCUT2D eigenvalue weighted by atomic mass is 15.5. The monoisotopic (exact) mass is 331 g/mol. The molecule has 2 rings (SSSR count). The van der Waals surface area contributed by atoms with E-state index in [0.717, 1.165) is 13.0 Å². The summed E-state index contributed by atoms with van der Waals surface area (Å²) < 4.78 is 4.81. The van der Waals surface area contributed by atoms with Gasteiger partial charge in [0.2, 0.25) is 0 Å². The largest absolute Gasteiger partial charge is 0.382 e. The van der Waals surface area contributed by atoms with Crippen LogP contribution in [-0.4, -0.2) is 48.1 Å². The number of rotatable bonds is 9. The van der Waals surface area contributed by atoms with Gasteiger partial charge in [0.25, 0.3) is 6.98 Å². The van der Waals surface area contributed by atoms with Gasteiger partial charge in [-0.15, -0.1) is 0 Å². The standard InChI is InChI=1S/C17H35B2N5/c1-8-10-11-14-22(18(5)20-7)19(6)23-15(9-2)17(3,4)24-16(23)12-13-21-24/h12-13,15,20H,8-11,14H2,1-7H3. The van der Waals surface area contributed by atoms with Gasteiger partial charge in [-0.25, -0.2) is 4.68 Å². The van der Waals surface area contributed by atoms with Crippen molar-refractivity contribution in [3.05, 3.63) is 12.3 Å². The topological polar surface area (TPSA) is 36.3 Å². The maximum atomic E-state index is 4.62. The third-order valence-electron chi connectivity index (χ3n) is 5.79. The molecule has 0 radical (unpaired) electrons. The van der Waals surface area contributed by atoms with Gasteiger partial charge >= 0.3 is 6.98 Å². The summed E-state index contributed by atoms with van der Waals surface area (Å²) in [6, 6.07) is 2.64. The molecule has 134 valence electrons. The van der Waals surface area contributed by atoms with Crippen molar-refractivity contribution in [1.82, 2.24) is 19.7 Å². The molecule has 1 aliphatic rings. The van der Waals surface area contributed by atoms with Crippen LogP contribution in [0.4, 0.5) is 5.82 Å². The minimum atomic E-state index is 0.0276. The van der Waals surface area contributed by atoms with E-state index in [2.05, 4.69) is 79.0 Å². The molecule has 0 aliphatic carbocycles.